The van der Waals surface area contributed by atoms with E-state index in [4.69, 9.17) is 9.47 Å². The molecule has 0 bridgehead atoms. The third-order valence-electron chi connectivity index (χ3n) is 2.90. The molecule has 1 aliphatic rings. The van der Waals surface area contributed by atoms with E-state index in [1.165, 1.54) is 0 Å². The van der Waals surface area contributed by atoms with Gasteiger partial charge in [0.15, 0.2) is 0 Å². The van der Waals surface area contributed by atoms with Gasteiger partial charge in [0, 0.05) is 5.56 Å². The fourth-order valence-electron chi connectivity index (χ4n) is 1.82. The van der Waals surface area contributed by atoms with Gasteiger partial charge >= 0.3 is 0 Å². The lowest BCUT2D eigenvalue weighted by Crippen LogP contribution is -2.03. The highest BCUT2D eigenvalue weighted by molar-refractivity contribution is 9.10. The minimum atomic E-state index is -0.433. The Kier molecular flexibility index (Phi) is 3.40. The highest BCUT2D eigenvalue weighted by atomic mass is 79.9. The topological polar surface area (TPSA) is 38.7 Å². The first-order valence-electron chi connectivity index (χ1n) is 5.27. The molecule has 1 atom stereocenters. The van der Waals surface area contributed by atoms with Gasteiger partial charge in [-0.3, -0.25) is 0 Å². The lowest BCUT2D eigenvalue weighted by Gasteiger charge is -2.17. The van der Waals surface area contributed by atoms with Crippen molar-refractivity contribution >= 4 is 15.9 Å². The summed E-state index contributed by atoms with van der Waals surface area (Å²) >= 11 is 3.43. The standard InChI is InChI=1S/C12H15BrO3/c1-15-9-6-5-8(11(14)7-3-4-7)12(16-2)10(9)13/h5-7,11,14H,3-4H2,1-2H3. The summed E-state index contributed by atoms with van der Waals surface area (Å²) in [5.74, 6) is 1.76. The lowest BCUT2D eigenvalue weighted by atomic mass is 10.0. The monoisotopic (exact) mass is 286 g/mol. The molecule has 88 valence electrons. The van der Waals surface area contributed by atoms with E-state index in [2.05, 4.69) is 15.9 Å². The SMILES string of the molecule is COc1ccc(C(O)C2CC2)c(OC)c1Br. The Bertz CT molecular complexity index is 388. The third kappa shape index (κ3) is 2.04. The van der Waals surface area contributed by atoms with Crippen molar-refractivity contribution in [2.24, 2.45) is 5.92 Å². The van der Waals surface area contributed by atoms with E-state index in [1.54, 1.807) is 14.2 Å². The van der Waals surface area contributed by atoms with E-state index < -0.39 is 6.10 Å². The molecule has 1 aromatic rings. The second-order valence-electron chi connectivity index (χ2n) is 3.99. The van der Waals surface area contributed by atoms with E-state index in [9.17, 15) is 5.11 Å². The second-order valence-corrected chi connectivity index (χ2v) is 4.78. The van der Waals surface area contributed by atoms with E-state index in [0.29, 0.717) is 17.4 Å². The Hall–Kier alpha value is -0.740. The highest BCUT2D eigenvalue weighted by Gasteiger charge is 2.33. The molecule has 0 aliphatic heterocycles. The first-order chi connectivity index (χ1) is 7.69. The molecule has 1 fully saturated rings. The van der Waals surface area contributed by atoms with Gasteiger partial charge in [0.2, 0.25) is 0 Å². The molecule has 4 heteroatoms. The summed E-state index contributed by atoms with van der Waals surface area (Å²) in [7, 11) is 3.21. The van der Waals surface area contributed by atoms with Gasteiger partial charge in [-0.05, 0) is 46.8 Å². The van der Waals surface area contributed by atoms with Crippen LogP contribution in [0.4, 0.5) is 0 Å². The Morgan fingerprint density at radius 3 is 2.50 bits per heavy atom. The molecule has 2 rings (SSSR count). The maximum absolute atomic E-state index is 10.1. The zero-order chi connectivity index (χ0) is 11.7. The lowest BCUT2D eigenvalue weighted by molar-refractivity contribution is 0.149. The van der Waals surface area contributed by atoms with Crippen LogP contribution in [-0.2, 0) is 0 Å². The molecule has 0 heterocycles. The van der Waals surface area contributed by atoms with Gasteiger partial charge in [0.1, 0.15) is 16.0 Å². The van der Waals surface area contributed by atoms with E-state index in [1.807, 2.05) is 12.1 Å². The van der Waals surface area contributed by atoms with Crippen LogP contribution in [0, 0.1) is 5.92 Å². The van der Waals surface area contributed by atoms with Crippen molar-refractivity contribution in [3.63, 3.8) is 0 Å². The van der Waals surface area contributed by atoms with Crippen molar-refractivity contribution < 1.29 is 14.6 Å². The van der Waals surface area contributed by atoms with Gasteiger partial charge in [-0.25, -0.2) is 0 Å². The molecule has 1 saturated carbocycles. The van der Waals surface area contributed by atoms with Crippen LogP contribution in [0.2, 0.25) is 0 Å². The molecule has 1 unspecified atom stereocenters. The summed E-state index contributed by atoms with van der Waals surface area (Å²) in [6.45, 7) is 0. The second kappa shape index (κ2) is 4.63. The molecule has 0 aromatic heterocycles. The Morgan fingerprint density at radius 1 is 1.31 bits per heavy atom. The summed E-state index contributed by atoms with van der Waals surface area (Å²) < 4.78 is 11.3. The minimum absolute atomic E-state index is 0.384. The highest BCUT2D eigenvalue weighted by Crippen LogP contribution is 2.47. The predicted octanol–water partition coefficient (Wildman–Crippen LogP) is 2.91. The van der Waals surface area contributed by atoms with Crippen molar-refractivity contribution in [2.45, 2.75) is 18.9 Å². The van der Waals surface area contributed by atoms with Gasteiger partial charge < -0.3 is 14.6 Å². The zero-order valence-corrected chi connectivity index (χ0v) is 11.0. The average molecular weight is 287 g/mol. The van der Waals surface area contributed by atoms with Crippen LogP contribution in [0.1, 0.15) is 24.5 Å². The molecule has 0 radical (unpaired) electrons. The zero-order valence-electron chi connectivity index (χ0n) is 9.37. The van der Waals surface area contributed by atoms with E-state index >= 15 is 0 Å². The molecule has 1 aromatic carbocycles. The largest absolute Gasteiger partial charge is 0.495 e. The van der Waals surface area contributed by atoms with Crippen LogP contribution >= 0.6 is 15.9 Å². The van der Waals surface area contributed by atoms with Crippen LogP contribution in [-0.4, -0.2) is 19.3 Å². The summed E-state index contributed by atoms with van der Waals surface area (Å²) in [5.41, 5.74) is 0.831. The Balaban J connectivity index is 2.40. The van der Waals surface area contributed by atoms with Crippen LogP contribution < -0.4 is 9.47 Å². The minimum Gasteiger partial charge on any atom is -0.495 e. The third-order valence-corrected chi connectivity index (χ3v) is 3.65. The summed E-state index contributed by atoms with van der Waals surface area (Å²) in [5, 5.41) is 10.1. The maximum Gasteiger partial charge on any atom is 0.142 e. The van der Waals surface area contributed by atoms with Crippen LogP contribution in [0.5, 0.6) is 11.5 Å². The molecule has 1 aliphatic carbocycles. The predicted molar refractivity (Wildman–Crippen MR) is 64.9 cm³/mol. The number of hydrogen-bond donors (Lipinski definition) is 1. The van der Waals surface area contributed by atoms with Crippen molar-refractivity contribution in [3.8, 4) is 11.5 Å². The molecule has 0 spiro atoms. The number of halogens is 1. The molecular formula is C12H15BrO3. The molecule has 3 nitrogen and oxygen atoms in total. The Labute approximate surface area is 104 Å². The molecule has 0 amide bonds. The number of ether oxygens (including phenoxy) is 2. The maximum atomic E-state index is 10.1. The van der Waals surface area contributed by atoms with E-state index in [-0.39, 0.29) is 0 Å². The van der Waals surface area contributed by atoms with Crippen molar-refractivity contribution in [1.82, 2.24) is 0 Å². The van der Waals surface area contributed by atoms with Gasteiger partial charge in [-0.1, -0.05) is 0 Å². The normalized spacial score (nSPS) is 17.0. The smallest absolute Gasteiger partial charge is 0.142 e. The summed E-state index contributed by atoms with van der Waals surface area (Å²) in [6, 6.07) is 3.71. The number of methoxy groups -OCH3 is 2. The summed E-state index contributed by atoms with van der Waals surface area (Å²) in [6.07, 6.45) is 1.75. The van der Waals surface area contributed by atoms with Crippen LogP contribution in [0.25, 0.3) is 0 Å². The first-order valence-corrected chi connectivity index (χ1v) is 6.06. The van der Waals surface area contributed by atoms with Gasteiger partial charge in [-0.2, -0.15) is 0 Å². The first kappa shape index (κ1) is 11.7. The molecule has 0 saturated heterocycles. The van der Waals surface area contributed by atoms with Crippen molar-refractivity contribution in [1.29, 1.82) is 0 Å². The number of aliphatic hydroxyl groups excluding tert-OH is 1. The van der Waals surface area contributed by atoms with Gasteiger partial charge in [0.05, 0.1) is 20.3 Å². The van der Waals surface area contributed by atoms with Crippen molar-refractivity contribution in [2.75, 3.05) is 14.2 Å². The Morgan fingerprint density at radius 2 is 2.00 bits per heavy atom. The quantitative estimate of drug-likeness (QED) is 0.925. The molecule has 1 N–H and O–H groups in total. The molecule has 16 heavy (non-hydrogen) atoms. The number of rotatable bonds is 4. The molecular weight excluding hydrogens is 272 g/mol. The van der Waals surface area contributed by atoms with Gasteiger partial charge in [-0.15, -0.1) is 0 Å². The van der Waals surface area contributed by atoms with Crippen molar-refractivity contribution in [3.05, 3.63) is 22.2 Å². The average Bonchev–Trinajstić information content (AvgIpc) is 3.11. The van der Waals surface area contributed by atoms with Crippen LogP contribution in [0.15, 0.2) is 16.6 Å². The number of hydrogen-bond acceptors (Lipinski definition) is 3. The summed E-state index contributed by atoms with van der Waals surface area (Å²) in [4.78, 5) is 0. The number of aliphatic hydroxyl groups is 1. The fraction of sp³-hybridized carbons (Fsp3) is 0.500. The number of benzene rings is 1. The van der Waals surface area contributed by atoms with Crippen LogP contribution in [0.3, 0.4) is 0 Å². The van der Waals surface area contributed by atoms with E-state index in [0.717, 1.165) is 22.9 Å². The van der Waals surface area contributed by atoms with Gasteiger partial charge in [0.25, 0.3) is 0 Å². The fourth-order valence-corrected chi connectivity index (χ4v) is 2.50.